The Bertz CT molecular complexity index is 897. The number of carbonyl (C=O) groups is 3. The van der Waals surface area contributed by atoms with Crippen molar-refractivity contribution in [1.29, 1.82) is 0 Å². The Balaban J connectivity index is 2.02. The minimum Gasteiger partial charge on any atom is -0.396 e. The van der Waals surface area contributed by atoms with E-state index in [0.717, 1.165) is 5.57 Å². The van der Waals surface area contributed by atoms with Gasteiger partial charge in [-0.15, -0.1) is 0 Å². The van der Waals surface area contributed by atoms with Crippen molar-refractivity contribution in [2.24, 2.45) is 23.5 Å². The number of primary amides is 1. The lowest BCUT2D eigenvalue weighted by atomic mass is 9.85. The van der Waals surface area contributed by atoms with Crippen molar-refractivity contribution in [3.8, 4) is 0 Å². The standard InChI is InChI=1S/C26H43N3O9/c1-14-12-26(37-5,38-17(4)15(14)2)23(34)24(35)28-9-8-18(13-30)22(33)16(3)25(36)29-10-6-7-19(29)20(31)11-21(27)32/h8-9,15-20,22-23,30-31,33-34H,1,6-7,10-13H2,2-5H3,(H2,27,32)(H,28,35)/b9-8+/t15-,16?,17-,18?,19+,20-,22+,23-,26-/m1/s1. The number of carbonyl (C=O) groups excluding carboxylic acids is 3. The van der Waals surface area contributed by atoms with E-state index in [4.69, 9.17) is 15.2 Å². The van der Waals surface area contributed by atoms with E-state index < -0.39 is 66.3 Å². The number of methoxy groups -OCH3 is 1. The Morgan fingerprint density at radius 2 is 1.97 bits per heavy atom. The topological polar surface area (TPSA) is 192 Å². The number of nitrogens with zero attached hydrogens (tertiary/aromatic N) is 1. The molecule has 2 aliphatic heterocycles. The largest absolute Gasteiger partial charge is 0.396 e. The van der Waals surface area contributed by atoms with Crippen molar-refractivity contribution < 1.29 is 44.3 Å². The van der Waals surface area contributed by atoms with Crippen molar-refractivity contribution in [3.63, 3.8) is 0 Å². The summed E-state index contributed by atoms with van der Waals surface area (Å²) >= 11 is 0. The second-order valence-electron chi connectivity index (χ2n) is 10.3. The van der Waals surface area contributed by atoms with Gasteiger partial charge >= 0.3 is 0 Å². The van der Waals surface area contributed by atoms with Gasteiger partial charge in [-0.2, -0.15) is 0 Å². The lowest BCUT2D eigenvalue weighted by molar-refractivity contribution is -0.297. The molecule has 3 amide bonds. The third kappa shape index (κ3) is 7.19. The quantitative estimate of drug-likeness (QED) is 0.171. The molecule has 0 aliphatic carbocycles. The van der Waals surface area contributed by atoms with Crippen LogP contribution in [-0.4, -0.2) is 99.6 Å². The van der Waals surface area contributed by atoms with Crippen molar-refractivity contribution in [2.45, 2.75) is 82.7 Å². The molecule has 0 bridgehead atoms. The maximum Gasteiger partial charge on any atom is 0.258 e. The van der Waals surface area contributed by atoms with Crippen LogP contribution in [0.3, 0.4) is 0 Å². The van der Waals surface area contributed by atoms with Crippen LogP contribution in [0.1, 0.15) is 46.5 Å². The molecule has 9 atom stereocenters. The molecule has 7 N–H and O–H groups in total. The van der Waals surface area contributed by atoms with Gasteiger partial charge in [0.2, 0.25) is 17.6 Å². The highest BCUT2D eigenvalue weighted by molar-refractivity contribution is 5.82. The molecule has 12 nitrogen and oxygen atoms in total. The molecule has 2 aliphatic rings. The lowest BCUT2D eigenvalue weighted by Gasteiger charge is -2.44. The second-order valence-corrected chi connectivity index (χ2v) is 10.3. The number of likely N-dealkylation sites (tertiary alicyclic amines) is 1. The summed E-state index contributed by atoms with van der Waals surface area (Å²) in [4.78, 5) is 38.4. The number of hydrogen-bond acceptors (Lipinski definition) is 9. The fourth-order valence-electron chi connectivity index (χ4n) is 5.06. The van der Waals surface area contributed by atoms with Crippen LogP contribution >= 0.6 is 0 Å². The van der Waals surface area contributed by atoms with E-state index in [1.54, 1.807) is 6.92 Å². The Kier molecular flexibility index (Phi) is 11.4. The zero-order chi connectivity index (χ0) is 28.8. The Hall–Kier alpha value is -2.35. The first-order valence-electron chi connectivity index (χ1n) is 12.9. The molecule has 2 fully saturated rings. The average molecular weight is 542 g/mol. The Labute approximate surface area is 223 Å². The van der Waals surface area contributed by atoms with E-state index in [0.29, 0.717) is 19.4 Å². The molecule has 12 heteroatoms. The molecule has 2 rings (SSSR count). The number of nitrogens with one attached hydrogen (secondary N) is 1. The minimum atomic E-state index is -1.69. The van der Waals surface area contributed by atoms with Gasteiger partial charge in [0.15, 0.2) is 6.10 Å². The van der Waals surface area contributed by atoms with Crippen molar-refractivity contribution in [3.05, 3.63) is 24.4 Å². The molecule has 2 heterocycles. The summed E-state index contributed by atoms with van der Waals surface area (Å²) in [7, 11) is 1.33. The van der Waals surface area contributed by atoms with Crippen LogP contribution in [0.2, 0.25) is 0 Å². The summed E-state index contributed by atoms with van der Waals surface area (Å²) in [6, 6.07) is -0.592. The summed E-state index contributed by atoms with van der Waals surface area (Å²) in [5.74, 6) is -5.41. The highest BCUT2D eigenvalue weighted by Crippen LogP contribution is 2.38. The number of nitrogens with two attached hydrogens (primary N) is 1. The van der Waals surface area contributed by atoms with E-state index in [-0.39, 0.29) is 24.9 Å². The highest BCUT2D eigenvalue weighted by Gasteiger charge is 2.49. The van der Waals surface area contributed by atoms with Gasteiger partial charge in [0.25, 0.3) is 5.91 Å². The molecular formula is C26H43N3O9. The van der Waals surface area contributed by atoms with Gasteiger partial charge in [0.05, 0.1) is 43.3 Å². The molecule has 0 aromatic rings. The summed E-state index contributed by atoms with van der Waals surface area (Å²) < 4.78 is 11.3. The summed E-state index contributed by atoms with van der Waals surface area (Å²) in [6.07, 6.45) is -0.986. The van der Waals surface area contributed by atoms with Crippen molar-refractivity contribution >= 4 is 17.7 Å². The van der Waals surface area contributed by atoms with Gasteiger partial charge in [-0.3, -0.25) is 14.4 Å². The first-order chi connectivity index (χ1) is 17.8. The summed E-state index contributed by atoms with van der Waals surface area (Å²) in [5.41, 5.74) is 5.94. The molecule has 0 radical (unpaired) electrons. The van der Waals surface area contributed by atoms with Crippen molar-refractivity contribution in [2.75, 3.05) is 20.3 Å². The lowest BCUT2D eigenvalue weighted by Crippen LogP contribution is -2.58. The van der Waals surface area contributed by atoms with Gasteiger partial charge in [-0.1, -0.05) is 32.1 Å². The van der Waals surface area contributed by atoms with Gasteiger partial charge in [-0.05, 0) is 19.8 Å². The fourth-order valence-corrected chi connectivity index (χ4v) is 5.06. The molecule has 2 unspecified atom stereocenters. The van der Waals surface area contributed by atoms with Crippen LogP contribution < -0.4 is 11.1 Å². The molecule has 0 aromatic heterocycles. The van der Waals surface area contributed by atoms with Crippen LogP contribution in [0.25, 0.3) is 0 Å². The normalized spacial score (nSPS) is 30.1. The van der Waals surface area contributed by atoms with E-state index >= 15 is 0 Å². The Morgan fingerprint density at radius 1 is 1.32 bits per heavy atom. The smallest absolute Gasteiger partial charge is 0.258 e. The van der Waals surface area contributed by atoms with Gasteiger partial charge in [-0.25, -0.2) is 0 Å². The highest BCUT2D eigenvalue weighted by atomic mass is 16.7. The molecular weight excluding hydrogens is 498 g/mol. The van der Waals surface area contributed by atoms with E-state index in [1.807, 2.05) is 6.92 Å². The van der Waals surface area contributed by atoms with Crippen LogP contribution in [0.4, 0.5) is 0 Å². The molecule has 0 spiro atoms. The number of aliphatic hydroxyl groups is 4. The van der Waals surface area contributed by atoms with E-state index in [1.165, 1.54) is 31.2 Å². The first kappa shape index (κ1) is 31.9. The SMILES string of the molecule is C=C1C[C@](OC)([C@H](O)C(=O)N/C=C/C(CO)[C@@H](O)C(C)C(=O)N2CCC[C@H]2[C@H](O)CC(N)=O)O[C@H](C)[C@@H]1C. The van der Waals surface area contributed by atoms with E-state index in [2.05, 4.69) is 11.9 Å². The first-order valence-corrected chi connectivity index (χ1v) is 12.9. The number of aliphatic hydroxyl groups excluding tert-OH is 4. The zero-order valence-corrected chi connectivity index (χ0v) is 22.6. The van der Waals surface area contributed by atoms with Crippen molar-refractivity contribution in [1.82, 2.24) is 10.2 Å². The molecule has 2 saturated heterocycles. The van der Waals surface area contributed by atoms with Gasteiger partial charge in [0, 0.05) is 38.1 Å². The zero-order valence-electron chi connectivity index (χ0n) is 22.6. The minimum absolute atomic E-state index is 0.0205. The second kappa shape index (κ2) is 13.6. The van der Waals surface area contributed by atoms with E-state index in [9.17, 15) is 34.8 Å². The average Bonchev–Trinajstić information content (AvgIpc) is 3.37. The van der Waals surface area contributed by atoms with Gasteiger partial charge < -0.3 is 45.9 Å². The molecule has 216 valence electrons. The summed E-state index contributed by atoms with van der Waals surface area (Å²) in [6.45, 7) is 9.06. The fraction of sp³-hybridized carbons (Fsp3) is 0.731. The third-order valence-corrected chi connectivity index (χ3v) is 7.77. The predicted molar refractivity (Wildman–Crippen MR) is 137 cm³/mol. The van der Waals surface area contributed by atoms with Crippen LogP contribution in [0.15, 0.2) is 24.4 Å². The predicted octanol–water partition coefficient (Wildman–Crippen LogP) is -0.846. The maximum atomic E-state index is 13.1. The third-order valence-electron chi connectivity index (χ3n) is 7.77. The Morgan fingerprint density at radius 3 is 2.53 bits per heavy atom. The van der Waals surface area contributed by atoms with Crippen LogP contribution in [0, 0.1) is 17.8 Å². The van der Waals surface area contributed by atoms with Gasteiger partial charge in [0.1, 0.15) is 0 Å². The maximum absolute atomic E-state index is 13.1. The number of rotatable bonds is 12. The number of ether oxygens (including phenoxy) is 2. The molecule has 38 heavy (non-hydrogen) atoms. The van der Waals surface area contributed by atoms with Crippen LogP contribution in [-0.2, 0) is 23.9 Å². The monoisotopic (exact) mass is 541 g/mol. The van der Waals surface area contributed by atoms with Crippen LogP contribution in [0.5, 0.6) is 0 Å². The number of hydrogen-bond donors (Lipinski definition) is 6. The number of amides is 3. The summed E-state index contributed by atoms with van der Waals surface area (Å²) in [5, 5.41) is 44.1. The molecule has 0 aromatic carbocycles. The molecule has 0 saturated carbocycles.